The number of hydrogen-bond acceptors (Lipinski definition) is 2. The maximum atomic E-state index is 5.76. The topological polar surface area (TPSA) is 18.5 Å². The van der Waals surface area contributed by atoms with Gasteiger partial charge in [0, 0.05) is 0 Å². The van der Waals surface area contributed by atoms with Crippen molar-refractivity contribution in [3.05, 3.63) is 71.8 Å². The second-order valence-electron chi connectivity index (χ2n) is 4.77. The minimum absolute atomic E-state index is 0.588. The molecule has 2 nitrogen and oxygen atoms in total. The van der Waals surface area contributed by atoms with Crippen molar-refractivity contribution in [1.29, 1.82) is 0 Å². The van der Waals surface area contributed by atoms with Crippen molar-refractivity contribution in [1.82, 2.24) is 0 Å². The SMILES string of the molecule is [c]1cc(OCc2ccccc2)ccc1C1=CCOCC1. The largest absolute Gasteiger partial charge is 0.489 e. The van der Waals surface area contributed by atoms with Crippen LogP contribution in [0.25, 0.3) is 5.57 Å². The molecule has 20 heavy (non-hydrogen) atoms. The summed E-state index contributed by atoms with van der Waals surface area (Å²) in [5, 5.41) is 0. The van der Waals surface area contributed by atoms with Gasteiger partial charge in [-0.05, 0) is 41.3 Å². The highest BCUT2D eigenvalue weighted by Gasteiger charge is 2.06. The number of hydrogen-bond donors (Lipinski definition) is 0. The van der Waals surface area contributed by atoms with Crippen LogP contribution in [0.4, 0.5) is 0 Å². The first-order valence-corrected chi connectivity index (χ1v) is 6.87. The Hall–Kier alpha value is -2.06. The molecular weight excluding hydrogens is 248 g/mol. The van der Waals surface area contributed by atoms with E-state index in [0.29, 0.717) is 13.2 Å². The van der Waals surface area contributed by atoms with Gasteiger partial charge in [0.05, 0.1) is 13.2 Å². The number of rotatable bonds is 4. The van der Waals surface area contributed by atoms with Gasteiger partial charge < -0.3 is 9.47 Å². The van der Waals surface area contributed by atoms with Crippen molar-refractivity contribution >= 4 is 5.57 Å². The standard InChI is InChI=1S/C18H17O2/c1-2-4-15(5-3-1)14-20-18-8-6-16(7-9-18)17-10-12-19-13-11-17/h1-6,8-10H,11-14H2. The molecule has 0 amide bonds. The van der Waals surface area contributed by atoms with Gasteiger partial charge in [0.2, 0.25) is 0 Å². The average Bonchev–Trinajstić information content (AvgIpc) is 2.55. The summed E-state index contributed by atoms with van der Waals surface area (Å²) in [7, 11) is 0. The molecule has 0 fully saturated rings. The van der Waals surface area contributed by atoms with Crippen molar-refractivity contribution in [3.8, 4) is 5.75 Å². The predicted octanol–water partition coefficient (Wildman–Crippen LogP) is 3.87. The van der Waals surface area contributed by atoms with Crippen molar-refractivity contribution in [2.45, 2.75) is 13.0 Å². The van der Waals surface area contributed by atoms with E-state index in [1.54, 1.807) is 0 Å². The quantitative estimate of drug-likeness (QED) is 0.835. The second kappa shape index (κ2) is 6.40. The summed E-state index contributed by atoms with van der Waals surface area (Å²) < 4.78 is 11.1. The van der Waals surface area contributed by atoms with Crippen LogP contribution in [0, 0.1) is 6.07 Å². The van der Waals surface area contributed by atoms with E-state index in [1.807, 2.05) is 30.3 Å². The third-order valence-electron chi connectivity index (χ3n) is 3.34. The van der Waals surface area contributed by atoms with Gasteiger partial charge in [-0.1, -0.05) is 42.5 Å². The minimum atomic E-state index is 0.588. The highest BCUT2D eigenvalue weighted by atomic mass is 16.5. The first-order valence-electron chi connectivity index (χ1n) is 6.87. The summed E-state index contributed by atoms with van der Waals surface area (Å²) in [5.41, 5.74) is 3.62. The van der Waals surface area contributed by atoms with Gasteiger partial charge in [-0.3, -0.25) is 0 Å². The molecule has 2 heteroatoms. The Balaban J connectivity index is 1.63. The molecule has 1 radical (unpaired) electrons. The van der Waals surface area contributed by atoms with E-state index in [4.69, 9.17) is 9.47 Å². The lowest BCUT2D eigenvalue weighted by atomic mass is 10.0. The minimum Gasteiger partial charge on any atom is -0.489 e. The molecule has 3 rings (SSSR count). The molecule has 1 heterocycles. The molecule has 2 aromatic carbocycles. The Morgan fingerprint density at radius 3 is 2.70 bits per heavy atom. The highest BCUT2D eigenvalue weighted by molar-refractivity contribution is 5.66. The Morgan fingerprint density at radius 2 is 2.00 bits per heavy atom. The van der Waals surface area contributed by atoms with Crippen molar-refractivity contribution < 1.29 is 9.47 Å². The molecule has 0 aromatic heterocycles. The van der Waals surface area contributed by atoms with Crippen molar-refractivity contribution in [3.63, 3.8) is 0 Å². The molecule has 0 N–H and O–H groups in total. The fourth-order valence-corrected chi connectivity index (χ4v) is 2.21. The summed E-state index contributed by atoms with van der Waals surface area (Å²) >= 11 is 0. The van der Waals surface area contributed by atoms with Gasteiger partial charge in [0.15, 0.2) is 0 Å². The van der Waals surface area contributed by atoms with Gasteiger partial charge in [-0.2, -0.15) is 0 Å². The van der Waals surface area contributed by atoms with Gasteiger partial charge in [0.25, 0.3) is 0 Å². The molecule has 0 aliphatic carbocycles. The Kier molecular flexibility index (Phi) is 4.14. The van der Waals surface area contributed by atoms with E-state index in [1.165, 1.54) is 11.1 Å². The lowest BCUT2D eigenvalue weighted by Crippen LogP contribution is -2.03. The fourth-order valence-electron chi connectivity index (χ4n) is 2.21. The summed E-state index contributed by atoms with van der Waals surface area (Å²) in [6, 6.07) is 19.4. The fraction of sp³-hybridized carbons (Fsp3) is 0.222. The van der Waals surface area contributed by atoms with E-state index >= 15 is 0 Å². The lowest BCUT2D eigenvalue weighted by Gasteiger charge is -2.14. The molecule has 0 saturated heterocycles. The molecule has 101 valence electrons. The predicted molar refractivity (Wildman–Crippen MR) is 79.5 cm³/mol. The van der Waals surface area contributed by atoms with Gasteiger partial charge >= 0.3 is 0 Å². The molecule has 1 aliphatic rings. The van der Waals surface area contributed by atoms with Crippen LogP contribution < -0.4 is 4.74 Å². The molecule has 0 saturated carbocycles. The first kappa shape index (κ1) is 12.9. The Morgan fingerprint density at radius 1 is 1.10 bits per heavy atom. The normalized spacial score (nSPS) is 14.7. The monoisotopic (exact) mass is 265 g/mol. The Bertz CT molecular complexity index is 570. The van der Waals surface area contributed by atoms with Crippen LogP contribution in [0.5, 0.6) is 5.75 Å². The zero-order valence-corrected chi connectivity index (χ0v) is 11.3. The van der Waals surface area contributed by atoms with Crippen LogP contribution in [-0.2, 0) is 11.3 Å². The molecule has 1 aliphatic heterocycles. The van der Waals surface area contributed by atoms with E-state index in [9.17, 15) is 0 Å². The molecular formula is C18H17O2. The van der Waals surface area contributed by atoms with Crippen LogP contribution in [0.1, 0.15) is 17.5 Å². The number of ether oxygens (including phenoxy) is 2. The highest BCUT2D eigenvalue weighted by Crippen LogP contribution is 2.23. The lowest BCUT2D eigenvalue weighted by molar-refractivity contribution is 0.161. The molecule has 2 aromatic rings. The van der Waals surface area contributed by atoms with E-state index in [0.717, 1.165) is 24.3 Å². The summed E-state index contributed by atoms with van der Waals surface area (Å²) in [5.74, 6) is 0.852. The van der Waals surface area contributed by atoms with Gasteiger partial charge in [0.1, 0.15) is 12.4 Å². The molecule has 0 bridgehead atoms. The molecule has 0 atom stereocenters. The van der Waals surface area contributed by atoms with E-state index in [-0.39, 0.29) is 0 Å². The van der Waals surface area contributed by atoms with Crippen LogP contribution in [0.2, 0.25) is 0 Å². The smallest absolute Gasteiger partial charge is 0.120 e. The van der Waals surface area contributed by atoms with Crippen LogP contribution in [-0.4, -0.2) is 13.2 Å². The summed E-state index contributed by atoms with van der Waals surface area (Å²) in [6.45, 7) is 2.09. The maximum Gasteiger partial charge on any atom is 0.120 e. The van der Waals surface area contributed by atoms with Gasteiger partial charge in [-0.25, -0.2) is 0 Å². The second-order valence-corrected chi connectivity index (χ2v) is 4.77. The first-order chi connectivity index (χ1) is 9.92. The third kappa shape index (κ3) is 3.28. The maximum absolute atomic E-state index is 5.76. The van der Waals surface area contributed by atoms with Crippen LogP contribution in [0.15, 0.2) is 54.6 Å². The Labute approximate surface area is 119 Å². The summed E-state index contributed by atoms with van der Waals surface area (Å²) in [6.07, 6.45) is 3.08. The average molecular weight is 265 g/mol. The van der Waals surface area contributed by atoms with Crippen LogP contribution in [0.3, 0.4) is 0 Å². The van der Waals surface area contributed by atoms with Crippen molar-refractivity contribution in [2.75, 3.05) is 13.2 Å². The molecule has 0 spiro atoms. The third-order valence-corrected chi connectivity index (χ3v) is 3.34. The van der Waals surface area contributed by atoms with Gasteiger partial charge in [-0.15, -0.1) is 0 Å². The van der Waals surface area contributed by atoms with Crippen molar-refractivity contribution in [2.24, 2.45) is 0 Å². The van der Waals surface area contributed by atoms with Crippen LogP contribution >= 0.6 is 0 Å². The van der Waals surface area contributed by atoms with E-state index < -0.39 is 0 Å². The number of benzene rings is 2. The summed E-state index contributed by atoms with van der Waals surface area (Å²) in [4.78, 5) is 0. The molecule has 0 unspecified atom stereocenters. The van der Waals surface area contributed by atoms with E-state index in [2.05, 4.69) is 30.3 Å². The zero-order chi connectivity index (χ0) is 13.6. The zero-order valence-electron chi connectivity index (χ0n) is 11.3.